The van der Waals surface area contributed by atoms with Gasteiger partial charge in [-0.3, -0.25) is 0 Å². The van der Waals surface area contributed by atoms with E-state index in [-0.39, 0.29) is 0 Å². The molecule has 0 spiro atoms. The van der Waals surface area contributed by atoms with E-state index in [4.69, 9.17) is 5.73 Å². The molecule has 0 aliphatic heterocycles. The van der Waals surface area contributed by atoms with Crippen molar-refractivity contribution in [2.24, 2.45) is 0 Å². The maximum Gasteiger partial charge on any atom is 0.226 e. The lowest BCUT2D eigenvalue weighted by Gasteiger charge is -2.09. The molecule has 0 radical (unpaired) electrons. The number of nitrogens with zero attached hydrogens (tertiary/aromatic N) is 4. The highest BCUT2D eigenvalue weighted by atomic mass is 15.2. The van der Waals surface area contributed by atoms with Gasteiger partial charge in [-0.15, -0.1) is 0 Å². The first-order chi connectivity index (χ1) is 8.13. The zero-order valence-electron chi connectivity index (χ0n) is 10.4. The molecule has 17 heavy (non-hydrogen) atoms. The average Bonchev–Trinajstić information content (AvgIpc) is 2.70. The maximum atomic E-state index is 5.88. The molecule has 6 nitrogen and oxygen atoms in total. The summed E-state index contributed by atoms with van der Waals surface area (Å²) in [4.78, 5) is 12.9. The Morgan fingerprint density at radius 2 is 2.18 bits per heavy atom. The van der Waals surface area contributed by atoms with Crippen LogP contribution in [-0.4, -0.2) is 26.1 Å². The van der Waals surface area contributed by atoms with Gasteiger partial charge in [-0.1, -0.05) is 6.92 Å². The molecular weight excluding hydrogens is 216 g/mol. The van der Waals surface area contributed by atoms with Crippen LogP contribution in [0.5, 0.6) is 0 Å². The highest BCUT2D eigenvalue weighted by Gasteiger charge is 2.12. The first kappa shape index (κ1) is 11.6. The summed E-state index contributed by atoms with van der Waals surface area (Å²) in [7, 11) is 0. The molecule has 2 aromatic rings. The van der Waals surface area contributed by atoms with Crippen molar-refractivity contribution in [3.63, 3.8) is 0 Å². The summed E-state index contributed by atoms with van der Waals surface area (Å²) in [6.07, 6.45) is 2.77. The van der Waals surface area contributed by atoms with E-state index in [2.05, 4.69) is 41.0 Å². The maximum absolute atomic E-state index is 5.88. The molecule has 0 atom stereocenters. The van der Waals surface area contributed by atoms with Crippen LogP contribution in [-0.2, 0) is 0 Å². The van der Waals surface area contributed by atoms with Crippen molar-refractivity contribution in [1.82, 2.24) is 19.5 Å². The van der Waals surface area contributed by atoms with Gasteiger partial charge in [-0.25, -0.2) is 4.98 Å². The van der Waals surface area contributed by atoms with Crippen molar-refractivity contribution in [2.75, 3.05) is 17.6 Å². The molecule has 0 fully saturated rings. The second-order valence-corrected chi connectivity index (χ2v) is 4.28. The minimum absolute atomic E-state index is 0.299. The number of nitrogen functional groups attached to an aromatic ring is 1. The van der Waals surface area contributed by atoms with Gasteiger partial charge in [0.15, 0.2) is 11.5 Å². The number of imidazole rings is 1. The number of nitrogens with two attached hydrogens (primary N) is 1. The molecule has 0 amide bonds. The Morgan fingerprint density at radius 1 is 1.41 bits per heavy atom. The summed E-state index contributed by atoms with van der Waals surface area (Å²) in [5.41, 5.74) is 7.33. The summed E-state index contributed by atoms with van der Waals surface area (Å²) in [5.74, 6) is 0.993. The van der Waals surface area contributed by atoms with Gasteiger partial charge in [0.2, 0.25) is 5.95 Å². The van der Waals surface area contributed by atoms with Gasteiger partial charge >= 0.3 is 0 Å². The number of hydrogen-bond donors (Lipinski definition) is 2. The predicted molar refractivity (Wildman–Crippen MR) is 68.9 cm³/mol. The van der Waals surface area contributed by atoms with Crippen molar-refractivity contribution >= 4 is 22.9 Å². The second kappa shape index (κ2) is 4.57. The summed E-state index contributed by atoms with van der Waals surface area (Å²) >= 11 is 0. The summed E-state index contributed by atoms with van der Waals surface area (Å²) in [5, 5.41) is 3.14. The fraction of sp³-hybridized carbons (Fsp3) is 0.545. The number of fused-ring (bicyclic) bond motifs is 1. The molecule has 0 bridgehead atoms. The Morgan fingerprint density at radius 3 is 2.82 bits per heavy atom. The molecule has 2 rings (SSSR count). The quantitative estimate of drug-likeness (QED) is 0.843. The topological polar surface area (TPSA) is 81.6 Å². The lowest BCUT2D eigenvalue weighted by atomic mass is 10.4. The SMILES string of the molecule is CCCNc1nc(N)c2ncn(C(C)C)c2n1. The molecule has 3 N–H and O–H groups in total. The minimum atomic E-state index is 0.299. The molecule has 0 saturated heterocycles. The van der Waals surface area contributed by atoms with Gasteiger partial charge in [0.05, 0.1) is 6.33 Å². The molecule has 2 heterocycles. The molecule has 0 aromatic carbocycles. The number of anilines is 2. The highest BCUT2D eigenvalue weighted by molar-refractivity contribution is 5.82. The lowest BCUT2D eigenvalue weighted by molar-refractivity contribution is 0.613. The van der Waals surface area contributed by atoms with Crippen molar-refractivity contribution in [1.29, 1.82) is 0 Å². The van der Waals surface area contributed by atoms with Crippen molar-refractivity contribution in [2.45, 2.75) is 33.2 Å². The zero-order valence-corrected chi connectivity index (χ0v) is 10.4. The van der Waals surface area contributed by atoms with E-state index < -0.39 is 0 Å². The predicted octanol–water partition coefficient (Wildman–Crippen LogP) is 1.81. The van der Waals surface area contributed by atoms with Gasteiger partial charge in [0, 0.05) is 12.6 Å². The number of rotatable bonds is 4. The first-order valence-electron chi connectivity index (χ1n) is 5.87. The molecule has 92 valence electrons. The Labute approximate surface area is 100 Å². The van der Waals surface area contributed by atoms with Gasteiger partial charge < -0.3 is 15.6 Å². The standard InChI is InChI=1S/C11H18N6/c1-4-5-13-11-15-9(12)8-10(16-11)17(6-14-8)7(2)3/h6-7H,4-5H2,1-3H3,(H3,12,13,15,16). The summed E-state index contributed by atoms with van der Waals surface area (Å²) < 4.78 is 1.99. The van der Waals surface area contributed by atoms with E-state index in [1.165, 1.54) is 0 Å². The third kappa shape index (κ3) is 2.15. The Kier molecular flexibility index (Phi) is 3.12. The van der Waals surface area contributed by atoms with Crippen molar-refractivity contribution < 1.29 is 0 Å². The zero-order chi connectivity index (χ0) is 12.4. The van der Waals surface area contributed by atoms with Gasteiger partial charge in [0.25, 0.3) is 0 Å². The normalized spacial score (nSPS) is 11.3. The van der Waals surface area contributed by atoms with Crippen LogP contribution in [0.4, 0.5) is 11.8 Å². The van der Waals surface area contributed by atoms with Crippen LogP contribution in [0.25, 0.3) is 11.2 Å². The smallest absolute Gasteiger partial charge is 0.226 e. The highest BCUT2D eigenvalue weighted by Crippen LogP contribution is 2.20. The van der Waals surface area contributed by atoms with Gasteiger partial charge in [0.1, 0.15) is 5.52 Å². The molecule has 0 saturated carbocycles. The van der Waals surface area contributed by atoms with E-state index >= 15 is 0 Å². The minimum Gasteiger partial charge on any atom is -0.382 e. The van der Waals surface area contributed by atoms with E-state index in [1.54, 1.807) is 6.33 Å². The van der Waals surface area contributed by atoms with Crippen molar-refractivity contribution in [3.8, 4) is 0 Å². The van der Waals surface area contributed by atoms with E-state index in [0.717, 1.165) is 18.6 Å². The molecule has 2 aromatic heterocycles. The van der Waals surface area contributed by atoms with Crippen molar-refractivity contribution in [3.05, 3.63) is 6.33 Å². The Balaban J connectivity index is 2.49. The molecule has 6 heteroatoms. The van der Waals surface area contributed by atoms with Crippen LogP contribution in [0, 0.1) is 0 Å². The first-order valence-corrected chi connectivity index (χ1v) is 5.87. The summed E-state index contributed by atoms with van der Waals surface area (Å²) in [6, 6.07) is 0.299. The second-order valence-electron chi connectivity index (χ2n) is 4.28. The van der Waals surface area contributed by atoms with E-state index in [1.807, 2.05) is 4.57 Å². The average molecular weight is 234 g/mol. The number of nitrogens with one attached hydrogen (secondary N) is 1. The largest absolute Gasteiger partial charge is 0.382 e. The number of hydrogen-bond acceptors (Lipinski definition) is 5. The van der Waals surface area contributed by atoms with Gasteiger partial charge in [-0.05, 0) is 20.3 Å². The monoisotopic (exact) mass is 234 g/mol. The third-order valence-electron chi connectivity index (χ3n) is 2.54. The molecule has 0 unspecified atom stereocenters. The molecular formula is C11H18N6. The van der Waals surface area contributed by atoms with Crippen LogP contribution >= 0.6 is 0 Å². The van der Waals surface area contributed by atoms with Crippen LogP contribution in [0.15, 0.2) is 6.33 Å². The lowest BCUT2D eigenvalue weighted by Crippen LogP contribution is -2.08. The Bertz CT molecular complexity index is 516. The third-order valence-corrected chi connectivity index (χ3v) is 2.54. The van der Waals surface area contributed by atoms with Crippen LogP contribution in [0.2, 0.25) is 0 Å². The molecule has 0 aliphatic carbocycles. The summed E-state index contributed by atoms with van der Waals surface area (Å²) in [6.45, 7) is 7.09. The number of aromatic nitrogens is 4. The van der Waals surface area contributed by atoms with Crippen LogP contribution in [0.3, 0.4) is 0 Å². The van der Waals surface area contributed by atoms with Crippen LogP contribution in [0.1, 0.15) is 33.2 Å². The fourth-order valence-electron chi connectivity index (χ4n) is 1.63. The van der Waals surface area contributed by atoms with Gasteiger partial charge in [-0.2, -0.15) is 9.97 Å². The van der Waals surface area contributed by atoms with Crippen LogP contribution < -0.4 is 11.1 Å². The molecule has 0 aliphatic rings. The fourth-order valence-corrected chi connectivity index (χ4v) is 1.63. The van der Waals surface area contributed by atoms with E-state index in [9.17, 15) is 0 Å². The van der Waals surface area contributed by atoms with E-state index in [0.29, 0.717) is 23.3 Å². The Hall–Kier alpha value is -1.85.